The number of benzene rings is 2. The van der Waals surface area contributed by atoms with Crippen LogP contribution in [0, 0.1) is 0 Å². The highest BCUT2D eigenvalue weighted by Crippen LogP contribution is 2.25. The second-order valence-corrected chi connectivity index (χ2v) is 6.27. The largest absolute Gasteiger partial charge is 0.495 e. The number of nitrogens with one attached hydrogen (secondary N) is 2. The quantitative estimate of drug-likeness (QED) is 0.831. The van der Waals surface area contributed by atoms with Crippen LogP contribution in [0.25, 0.3) is 5.57 Å². The molecular formula is C20H24N2O2. The van der Waals surface area contributed by atoms with Gasteiger partial charge in [0.05, 0.1) is 18.3 Å². The molecule has 0 aromatic heterocycles. The standard InChI is InChI=1S/C20H24N2O2/c1-14(2)15-9-8-10-16(13-15)20(3,4)22-19(23)21-17-11-6-7-12-18(17)24-5/h6-13H,1H2,2-5H3,(H2,21,22,23). The van der Waals surface area contributed by atoms with Crippen LogP contribution >= 0.6 is 0 Å². The number of anilines is 1. The predicted octanol–water partition coefficient (Wildman–Crippen LogP) is 4.79. The van der Waals surface area contributed by atoms with Crippen molar-refractivity contribution < 1.29 is 9.53 Å². The SMILES string of the molecule is C=C(C)c1cccc(C(C)(C)NC(=O)Nc2ccccc2OC)c1. The average Bonchev–Trinajstić information content (AvgIpc) is 2.55. The smallest absolute Gasteiger partial charge is 0.320 e. The van der Waals surface area contributed by atoms with Crippen molar-refractivity contribution in [2.45, 2.75) is 26.3 Å². The summed E-state index contributed by atoms with van der Waals surface area (Å²) >= 11 is 0. The maximum atomic E-state index is 12.4. The van der Waals surface area contributed by atoms with Crippen LogP contribution < -0.4 is 15.4 Å². The Bertz CT molecular complexity index is 751. The number of hydrogen-bond acceptors (Lipinski definition) is 2. The van der Waals surface area contributed by atoms with Crippen molar-refractivity contribution in [1.29, 1.82) is 0 Å². The van der Waals surface area contributed by atoms with E-state index in [4.69, 9.17) is 4.74 Å². The van der Waals surface area contributed by atoms with Crippen molar-refractivity contribution in [1.82, 2.24) is 5.32 Å². The molecule has 0 aliphatic heterocycles. The van der Waals surface area contributed by atoms with E-state index in [-0.39, 0.29) is 6.03 Å². The summed E-state index contributed by atoms with van der Waals surface area (Å²) in [7, 11) is 1.57. The number of ether oxygens (including phenoxy) is 1. The van der Waals surface area contributed by atoms with Crippen molar-refractivity contribution in [3.05, 3.63) is 66.2 Å². The second kappa shape index (κ2) is 7.21. The van der Waals surface area contributed by atoms with E-state index in [0.29, 0.717) is 11.4 Å². The number of amides is 2. The van der Waals surface area contributed by atoms with E-state index in [2.05, 4.69) is 17.2 Å². The number of carbonyl (C=O) groups is 1. The first-order valence-corrected chi connectivity index (χ1v) is 7.82. The average molecular weight is 324 g/mol. The minimum absolute atomic E-state index is 0.287. The summed E-state index contributed by atoms with van der Waals surface area (Å²) in [5, 5.41) is 5.84. The lowest BCUT2D eigenvalue weighted by Crippen LogP contribution is -2.43. The lowest BCUT2D eigenvalue weighted by molar-refractivity contribution is 0.241. The first kappa shape index (κ1) is 17.6. The number of methoxy groups -OCH3 is 1. The van der Waals surface area contributed by atoms with E-state index < -0.39 is 5.54 Å². The van der Waals surface area contributed by atoms with Crippen LogP contribution in [0.1, 0.15) is 31.9 Å². The lowest BCUT2D eigenvalue weighted by atomic mass is 9.92. The van der Waals surface area contributed by atoms with Crippen molar-refractivity contribution in [2.24, 2.45) is 0 Å². The number of carbonyl (C=O) groups excluding carboxylic acids is 1. The van der Waals surface area contributed by atoms with E-state index in [1.165, 1.54) is 0 Å². The van der Waals surface area contributed by atoms with Gasteiger partial charge in [-0.05, 0) is 50.1 Å². The molecular weight excluding hydrogens is 300 g/mol. The summed E-state index contributed by atoms with van der Waals surface area (Å²) in [4.78, 5) is 12.4. The highest BCUT2D eigenvalue weighted by molar-refractivity contribution is 5.91. The van der Waals surface area contributed by atoms with Crippen LogP contribution in [0.4, 0.5) is 10.5 Å². The summed E-state index contributed by atoms with van der Waals surface area (Å²) in [5.41, 5.74) is 3.16. The van der Waals surface area contributed by atoms with Crippen molar-refractivity contribution >= 4 is 17.3 Å². The summed E-state index contributed by atoms with van der Waals surface area (Å²) in [6, 6.07) is 15.0. The van der Waals surface area contributed by atoms with Gasteiger partial charge >= 0.3 is 6.03 Å². The minimum Gasteiger partial charge on any atom is -0.495 e. The molecule has 0 saturated heterocycles. The zero-order valence-electron chi connectivity index (χ0n) is 14.6. The third kappa shape index (κ3) is 4.16. The molecule has 2 N–H and O–H groups in total. The summed E-state index contributed by atoms with van der Waals surface area (Å²) < 4.78 is 5.25. The van der Waals surface area contributed by atoms with Crippen molar-refractivity contribution in [2.75, 3.05) is 12.4 Å². The number of hydrogen-bond donors (Lipinski definition) is 2. The van der Waals surface area contributed by atoms with Gasteiger partial charge in [-0.25, -0.2) is 4.79 Å². The molecule has 4 nitrogen and oxygen atoms in total. The van der Waals surface area contributed by atoms with Gasteiger partial charge in [-0.15, -0.1) is 0 Å². The molecule has 0 aliphatic rings. The molecule has 2 rings (SSSR count). The Hall–Kier alpha value is -2.75. The molecule has 4 heteroatoms. The molecule has 2 aromatic carbocycles. The predicted molar refractivity (Wildman–Crippen MR) is 99.3 cm³/mol. The van der Waals surface area contributed by atoms with E-state index in [1.807, 2.05) is 57.2 Å². The van der Waals surface area contributed by atoms with E-state index in [0.717, 1.165) is 16.7 Å². The van der Waals surface area contributed by atoms with Gasteiger partial charge in [-0.1, -0.05) is 42.5 Å². The second-order valence-electron chi connectivity index (χ2n) is 6.27. The highest BCUT2D eigenvalue weighted by atomic mass is 16.5. The number of para-hydroxylation sites is 2. The Morgan fingerprint density at radius 1 is 1.12 bits per heavy atom. The molecule has 0 spiro atoms. The van der Waals surface area contributed by atoms with Crippen LogP contribution in [0.2, 0.25) is 0 Å². The molecule has 0 radical (unpaired) electrons. The van der Waals surface area contributed by atoms with Crippen LogP contribution in [0.15, 0.2) is 55.1 Å². The molecule has 126 valence electrons. The van der Waals surface area contributed by atoms with Gasteiger partial charge in [0.2, 0.25) is 0 Å². The monoisotopic (exact) mass is 324 g/mol. The summed E-state index contributed by atoms with van der Waals surface area (Å²) in [5.74, 6) is 0.620. The fourth-order valence-electron chi connectivity index (χ4n) is 2.43. The minimum atomic E-state index is -0.530. The molecule has 0 unspecified atom stereocenters. The van der Waals surface area contributed by atoms with Gasteiger partial charge in [-0.3, -0.25) is 0 Å². The van der Waals surface area contributed by atoms with Crippen LogP contribution in [-0.4, -0.2) is 13.1 Å². The molecule has 2 amide bonds. The number of urea groups is 1. The lowest BCUT2D eigenvalue weighted by Gasteiger charge is -2.27. The maximum Gasteiger partial charge on any atom is 0.320 e. The van der Waals surface area contributed by atoms with E-state index in [9.17, 15) is 4.79 Å². The molecule has 0 aliphatic carbocycles. The molecule has 0 heterocycles. The van der Waals surface area contributed by atoms with E-state index in [1.54, 1.807) is 19.2 Å². The van der Waals surface area contributed by atoms with Gasteiger partial charge < -0.3 is 15.4 Å². The van der Waals surface area contributed by atoms with Gasteiger partial charge in [0, 0.05) is 0 Å². The maximum absolute atomic E-state index is 12.4. The number of allylic oxidation sites excluding steroid dienone is 1. The van der Waals surface area contributed by atoms with Crippen LogP contribution in [-0.2, 0) is 5.54 Å². The van der Waals surface area contributed by atoms with E-state index >= 15 is 0 Å². The van der Waals surface area contributed by atoms with Gasteiger partial charge in [0.25, 0.3) is 0 Å². The first-order chi connectivity index (χ1) is 11.3. The topological polar surface area (TPSA) is 50.4 Å². The molecule has 24 heavy (non-hydrogen) atoms. The Labute approximate surface area is 143 Å². The Balaban J connectivity index is 2.15. The Kier molecular flexibility index (Phi) is 5.29. The normalized spacial score (nSPS) is 10.8. The third-order valence-corrected chi connectivity index (χ3v) is 3.86. The first-order valence-electron chi connectivity index (χ1n) is 7.82. The van der Waals surface area contributed by atoms with Crippen molar-refractivity contribution in [3.8, 4) is 5.75 Å². The fraction of sp³-hybridized carbons (Fsp3) is 0.250. The third-order valence-electron chi connectivity index (χ3n) is 3.86. The molecule has 0 atom stereocenters. The molecule has 0 bridgehead atoms. The van der Waals surface area contributed by atoms with Crippen LogP contribution in [0.5, 0.6) is 5.75 Å². The fourth-order valence-corrected chi connectivity index (χ4v) is 2.43. The van der Waals surface area contributed by atoms with Gasteiger partial charge in [0.1, 0.15) is 5.75 Å². The molecule has 0 fully saturated rings. The molecule has 2 aromatic rings. The highest BCUT2D eigenvalue weighted by Gasteiger charge is 2.23. The Morgan fingerprint density at radius 2 is 1.83 bits per heavy atom. The van der Waals surface area contributed by atoms with Crippen molar-refractivity contribution in [3.63, 3.8) is 0 Å². The van der Waals surface area contributed by atoms with Gasteiger partial charge in [0.15, 0.2) is 0 Å². The summed E-state index contributed by atoms with van der Waals surface area (Å²) in [6.45, 7) is 9.87. The summed E-state index contributed by atoms with van der Waals surface area (Å²) in [6.07, 6.45) is 0. The zero-order valence-corrected chi connectivity index (χ0v) is 14.6. The number of rotatable bonds is 5. The van der Waals surface area contributed by atoms with Crippen LogP contribution in [0.3, 0.4) is 0 Å². The van der Waals surface area contributed by atoms with Gasteiger partial charge in [-0.2, -0.15) is 0 Å². The zero-order chi connectivity index (χ0) is 17.7. The molecule has 0 saturated carbocycles. The Morgan fingerprint density at radius 3 is 2.50 bits per heavy atom.